The van der Waals surface area contributed by atoms with Crippen LogP contribution in [0.3, 0.4) is 0 Å². The van der Waals surface area contributed by atoms with Gasteiger partial charge in [-0.2, -0.15) is 5.10 Å². The number of carbonyl (C=O) groups is 1. The Balaban J connectivity index is 1.37. The van der Waals surface area contributed by atoms with Crippen LogP contribution in [0.4, 0.5) is 5.82 Å². The SMILES string of the molecule is O=C(NCc1ccc(N2CCCC2)nc1)c1ccn(-c2ccccc2Cl)n1. The summed E-state index contributed by atoms with van der Waals surface area (Å²) in [5.41, 5.74) is 2.04. The molecule has 2 aromatic heterocycles. The van der Waals surface area contributed by atoms with E-state index in [-0.39, 0.29) is 5.91 Å². The Labute approximate surface area is 162 Å². The number of nitrogens with one attached hydrogen (secondary N) is 1. The van der Waals surface area contributed by atoms with Gasteiger partial charge < -0.3 is 10.2 Å². The van der Waals surface area contributed by atoms with Crippen molar-refractivity contribution in [3.8, 4) is 5.69 Å². The van der Waals surface area contributed by atoms with Crippen molar-refractivity contribution in [1.29, 1.82) is 0 Å². The number of carbonyl (C=O) groups excluding carboxylic acids is 1. The second kappa shape index (κ2) is 7.80. The van der Waals surface area contributed by atoms with Gasteiger partial charge in [0.15, 0.2) is 5.69 Å². The van der Waals surface area contributed by atoms with Crippen LogP contribution in [0.1, 0.15) is 28.9 Å². The number of hydrogen-bond donors (Lipinski definition) is 1. The minimum absolute atomic E-state index is 0.232. The largest absolute Gasteiger partial charge is 0.357 e. The molecule has 1 amide bonds. The summed E-state index contributed by atoms with van der Waals surface area (Å²) in [6.45, 7) is 2.54. The molecule has 138 valence electrons. The van der Waals surface area contributed by atoms with E-state index in [9.17, 15) is 4.79 Å². The monoisotopic (exact) mass is 381 g/mol. The average Bonchev–Trinajstić information content (AvgIpc) is 3.39. The topological polar surface area (TPSA) is 63.1 Å². The molecule has 0 bridgehead atoms. The number of amides is 1. The first-order chi connectivity index (χ1) is 13.2. The summed E-state index contributed by atoms with van der Waals surface area (Å²) in [4.78, 5) is 19.2. The van der Waals surface area contributed by atoms with Crippen molar-refractivity contribution < 1.29 is 4.79 Å². The summed E-state index contributed by atoms with van der Waals surface area (Å²) >= 11 is 6.18. The fraction of sp³-hybridized carbons (Fsp3) is 0.250. The normalized spacial score (nSPS) is 13.7. The van der Waals surface area contributed by atoms with Crippen LogP contribution in [0, 0.1) is 0 Å². The van der Waals surface area contributed by atoms with Crippen LogP contribution in [0.15, 0.2) is 54.9 Å². The van der Waals surface area contributed by atoms with Crippen molar-refractivity contribution in [3.63, 3.8) is 0 Å². The third-order valence-electron chi connectivity index (χ3n) is 4.61. The minimum Gasteiger partial charge on any atom is -0.357 e. The van der Waals surface area contributed by atoms with Gasteiger partial charge in [0, 0.05) is 32.0 Å². The predicted octanol–water partition coefficient (Wildman–Crippen LogP) is 3.45. The van der Waals surface area contributed by atoms with Gasteiger partial charge in [-0.1, -0.05) is 29.8 Å². The number of pyridine rings is 1. The van der Waals surface area contributed by atoms with Gasteiger partial charge in [-0.3, -0.25) is 4.79 Å². The number of nitrogens with zero attached hydrogens (tertiary/aromatic N) is 4. The van der Waals surface area contributed by atoms with Gasteiger partial charge in [-0.05, 0) is 42.7 Å². The van der Waals surface area contributed by atoms with E-state index < -0.39 is 0 Å². The van der Waals surface area contributed by atoms with E-state index in [2.05, 4.69) is 20.3 Å². The van der Waals surface area contributed by atoms with Crippen LogP contribution in [-0.4, -0.2) is 33.8 Å². The number of halogens is 1. The third kappa shape index (κ3) is 3.95. The Morgan fingerprint density at radius 2 is 1.93 bits per heavy atom. The quantitative estimate of drug-likeness (QED) is 0.735. The third-order valence-corrected chi connectivity index (χ3v) is 4.93. The van der Waals surface area contributed by atoms with E-state index in [4.69, 9.17) is 11.6 Å². The molecule has 1 aliphatic heterocycles. The van der Waals surface area contributed by atoms with Gasteiger partial charge in [0.2, 0.25) is 0 Å². The zero-order valence-electron chi connectivity index (χ0n) is 14.8. The van der Waals surface area contributed by atoms with Crippen molar-refractivity contribution in [2.24, 2.45) is 0 Å². The Hall–Kier alpha value is -2.86. The van der Waals surface area contributed by atoms with Crippen LogP contribution in [-0.2, 0) is 6.54 Å². The Morgan fingerprint density at radius 3 is 2.67 bits per heavy atom. The van der Waals surface area contributed by atoms with Crippen molar-refractivity contribution in [2.75, 3.05) is 18.0 Å². The van der Waals surface area contributed by atoms with Crippen molar-refractivity contribution in [2.45, 2.75) is 19.4 Å². The number of aromatic nitrogens is 3. The lowest BCUT2D eigenvalue weighted by molar-refractivity contribution is 0.0945. The molecule has 1 fully saturated rings. The average molecular weight is 382 g/mol. The molecule has 1 N–H and O–H groups in total. The summed E-state index contributed by atoms with van der Waals surface area (Å²) in [7, 11) is 0. The molecule has 0 radical (unpaired) electrons. The molecular weight excluding hydrogens is 362 g/mol. The maximum absolute atomic E-state index is 12.4. The van der Waals surface area contributed by atoms with Crippen LogP contribution in [0.5, 0.6) is 0 Å². The number of benzene rings is 1. The zero-order valence-corrected chi connectivity index (χ0v) is 15.6. The zero-order chi connectivity index (χ0) is 18.6. The summed E-state index contributed by atoms with van der Waals surface area (Å²) in [6, 6.07) is 13.1. The lowest BCUT2D eigenvalue weighted by Crippen LogP contribution is -2.24. The first-order valence-electron chi connectivity index (χ1n) is 8.99. The molecule has 0 saturated carbocycles. The number of rotatable bonds is 5. The van der Waals surface area contributed by atoms with Crippen LogP contribution >= 0.6 is 11.6 Å². The lowest BCUT2D eigenvalue weighted by Gasteiger charge is -2.16. The van der Waals surface area contributed by atoms with E-state index in [1.807, 2.05) is 36.5 Å². The summed E-state index contributed by atoms with van der Waals surface area (Å²) in [5.74, 6) is 0.769. The second-order valence-electron chi connectivity index (χ2n) is 6.50. The standard InChI is InChI=1S/C20H20ClN5O/c21-16-5-1-2-6-18(16)26-12-9-17(24-26)20(27)23-14-15-7-8-19(22-13-15)25-10-3-4-11-25/h1-2,5-9,12-13H,3-4,10-11,14H2,(H,23,27). The minimum atomic E-state index is -0.232. The van der Waals surface area contributed by atoms with E-state index in [1.165, 1.54) is 12.8 Å². The van der Waals surface area contributed by atoms with Crippen molar-refractivity contribution >= 4 is 23.3 Å². The van der Waals surface area contributed by atoms with E-state index in [0.29, 0.717) is 17.3 Å². The first kappa shape index (κ1) is 17.5. The van der Waals surface area contributed by atoms with Gasteiger partial charge in [-0.25, -0.2) is 9.67 Å². The lowest BCUT2D eigenvalue weighted by atomic mass is 10.2. The summed E-state index contributed by atoms with van der Waals surface area (Å²) in [6.07, 6.45) is 5.99. The van der Waals surface area contributed by atoms with Crippen LogP contribution in [0.2, 0.25) is 5.02 Å². The summed E-state index contributed by atoms with van der Waals surface area (Å²) < 4.78 is 1.60. The van der Waals surface area contributed by atoms with Crippen LogP contribution < -0.4 is 10.2 Å². The highest BCUT2D eigenvalue weighted by molar-refractivity contribution is 6.32. The Bertz CT molecular complexity index is 932. The highest BCUT2D eigenvalue weighted by Gasteiger charge is 2.14. The molecule has 4 rings (SSSR count). The number of anilines is 1. The fourth-order valence-electron chi connectivity index (χ4n) is 3.14. The molecule has 1 aliphatic rings. The predicted molar refractivity (Wildman–Crippen MR) is 105 cm³/mol. The molecule has 3 aromatic rings. The molecule has 27 heavy (non-hydrogen) atoms. The molecule has 0 unspecified atom stereocenters. The van der Waals surface area contributed by atoms with Gasteiger partial charge in [0.25, 0.3) is 5.91 Å². The number of hydrogen-bond acceptors (Lipinski definition) is 4. The molecule has 0 aliphatic carbocycles. The molecule has 3 heterocycles. The molecule has 0 atom stereocenters. The van der Waals surface area contributed by atoms with Crippen molar-refractivity contribution in [1.82, 2.24) is 20.1 Å². The van der Waals surface area contributed by atoms with Crippen molar-refractivity contribution in [3.05, 3.63) is 71.1 Å². The fourth-order valence-corrected chi connectivity index (χ4v) is 3.37. The van der Waals surface area contributed by atoms with E-state index in [1.54, 1.807) is 23.0 Å². The van der Waals surface area contributed by atoms with Gasteiger partial charge in [0.1, 0.15) is 5.82 Å². The smallest absolute Gasteiger partial charge is 0.272 e. The van der Waals surface area contributed by atoms with E-state index >= 15 is 0 Å². The molecule has 1 aromatic carbocycles. The van der Waals surface area contributed by atoms with Gasteiger partial charge in [0.05, 0.1) is 10.7 Å². The molecule has 7 heteroatoms. The second-order valence-corrected chi connectivity index (χ2v) is 6.91. The maximum Gasteiger partial charge on any atom is 0.272 e. The van der Waals surface area contributed by atoms with Crippen LogP contribution in [0.25, 0.3) is 5.69 Å². The highest BCUT2D eigenvalue weighted by atomic mass is 35.5. The Morgan fingerprint density at radius 1 is 1.11 bits per heavy atom. The van der Waals surface area contributed by atoms with Gasteiger partial charge >= 0.3 is 0 Å². The maximum atomic E-state index is 12.4. The molecular formula is C20H20ClN5O. The molecule has 6 nitrogen and oxygen atoms in total. The first-order valence-corrected chi connectivity index (χ1v) is 9.37. The Kier molecular flexibility index (Phi) is 5.07. The van der Waals surface area contributed by atoms with Gasteiger partial charge in [-0.15, -0.1) is 0 Å². The number of para-hydroxylation sites is 1. The molecule has 0 spiro atoms. The highest BCUT2D eigenvalue weighted by Crippen LogP contribution is 2.19. The summed E-state index contributed by atoms with van der Waals surface area (Å²) in [5, 5.41) is 7.78. The molecule has 1 saturated heterocycles. The van der Waals surface area contributed by atoms with E-state index in [0.717, 1.165) is 30.2 Å².